The van der Waals surface area contributed by atoms with Crippen molar-refractivity contribution in [3.63, 3.8) is 0 Å². The molecule has 1 aromatic heterocycles. The van der Waals surface area contributed by atoms with E-state index in [4.69, 9.17) is 9.97 Å². The average Bonchev–Trinajstić information content (AvgIpc) is 2.91. The highest BCUT2D eigenvalue weighted by molar-refractivity contribution is 5.73. The minimum absolute atomic E-state index is 0.0818. The Morgan fingerprint density at radius 2 is 1.63 bits per heavy atom. The van der Waals surface area contributed by atoms with Crippen molar-refractivity contribution in [1.29, 1.82) is 0 Å². The van der Waals surface area contributed by atoms with Gasteiger partial charge in [-0.3, -0.25) is 9.69 Å². The van der Waals surface area contributed by atoms with Gasteiger partial charge in [0.05, 0.1) is 0 Å². The van der Waals surface area contributed by atoms with Crippen LogP contribution < -0.4 is 10.2 Å². The molecule has 148 valence electrons. The second kappa shape index (κ2) is 7.74. The first kappa shape index (κ1) is 18.7. The Hall–Kier alpha value is -1.69. The number of hydrogen-bond donors (Lipinski definition) is 1. The van der Waals surface area contributed by atoms with Crippen molar-refractivity contribution in [2.24, 2.45) is 0 Å². The van der Waals surface area contributed by atoms with E-state index in [1.165, 1.54) is 18.4 Å². The molecule has 6 nitrogen and oxygen atoms in total. The van der Waals surface area contributed by atoms with Crippen molar-refractivity contribution in [3.05, 3.63) is 18.0 Å². The molecule has 1 aliphatic carbocycles. The Labute approximate surface area is 162 Å². The van der Waals surface area contributed by atoms with Gasteiger partial charge in [0.15, 0.2) is 0 Å². The molecule has 4 rings (SSSR count). The van der Waals surface area contributed by atoms with Gasteiger partial charge < -0.3 is 10.2 Å². The number of anilines is 1. The topological polar surface area (TPSA) is 61.4 Å². The third-order valence-electron chi connectivity index (χ3n) is 6.74. The lowest BCUT2D eigenvalue weighted by Gasteiger charge is -2.42. The molecule has 2 atom stereocenters. The van der Waals surface area contributed by atoms with Crippen LogP contribution in [-0.2, 0) is 4.79 Å². The van der Waals surface area contributed by atoms with E-state index >= 15 is 0 Å². The average molecular weight is 372 g/mol. The fraction of sp³-hybridized carbons (Fsp3) is 0.762. The van der Waals surface area contributed by atoms with Gasteiger partial charge in [-0.15, -0.1) is 0 Å². The Bertz CT molecular complexity index is 639. The zero-order chi connectivity index (χ0) is 19.0. The van der Waals surface area contributed by atoms with E-state index in [0.29, 0.717) is 30.1 Å². The lowest BCUT2D eigenvalue weighted by Crippen LogP contribution is -2.56. The monoisotopic (exact) mass is 371 g/mol. The second-order valence-corrected chi connectivity index (χ2v) is 8.91. The molecule has 2 unspecified atom stereocenters. The van der Waals surface area contributed by atoms with Crippen LogP contribution in [0.25, 0.3) is 0 Å². The summed E-state index contributed by atoms with van der Waals surface area (Å²) in [6.45, 7) is 8.45. The van der Waals surface area contributed by atoms with Gasteiger partial charge in [0.1, 0.15) is 0 Å². The lowest BCUT2D eigenvalue weighted by atomic mass is 9.83. The summed E-state index contributed by atoms with van der Waals surface area (Å²) in [6, 6.07) is 2.08. The summed E-state index contributed by atoms with van der Waals surface area (Å²) in [6.07, 6.45) is 10.9. The molecule has 1 aromatic rings. The highest BCUT2D eigenvalue weighted by Gasteiger charge is 2.41. The molecule has 27 heavy (non-hydrogen) atoms. The lowest BCUT2D eigenvalue weighted by molar-refractivity contribution is -0.119. The van der Waals surface area contributed by atoms with E-state index in [9.17, 15) is 4.79 Å². The van der Waals surface area contributed by atoms with Crippen molar-refractivity contribution < 1.29 is 4.79 Å². The summed E-state index contributed by atoms with van der Waals surface area (Å²) in [5.74, 6) is 1.53. The SMILES string of the molecule is CC(=O)NC1CCC(c2cnc(N3C4CCC3CN(C(C)C)C4)nc2)CC1. The molecule has 6 heteroatoms. The number of hydrogen-bond acceptors (Lipinski definition) is 5. The number of rotatable bonds is 4. The first-order valence-corrected chi connectivity index (χ1v) is 10.6. The zero-order valence-corrected chi connectivity index (χ0v) is 16.9. The predicted octanol–water partition coefficient (Wildman–Crippen LogP) is 2.70. The van der Waals surface area contributed by atoms with Crippen LogP contribution in [0.1, 0.15) is 70.8 Å². The third kappa shape index (κ3) is 3.96. The summed E-state index contributed by atoms with van der Waals surface area (Å²) < 4.78 is 0. The van der Waals surface area contributed by atoms with Gasteiger partial charge in [-0.1, -0.05) is 0 Å². The molecular weight excluding hydrogens is 338 g/mol. The Kier molecular flexibility index (Phi) is 5.35. The first-order chi connectivity index (χ1) is 13.0. The summed E-state index contributed by atoms with van der Waals surface area (Å²) >= 11 is 0. The van der Waals surface area contributed by atoms with Crippen LogP contribution in [0.4, 0.5) is 5.95 Å². The molecule has 2 aliphatic heterocycles. The van der Waals surface area contributed by atoms with Gasteiger partial charge in [0.2, 0.25) is 11.9 Å². The van der Waals surface area contributed by atoms with Crippen LogP contribution in [0.2, 0.25) is 0 Å². The van der Waals surface area contributed by atoms with E-state index in [1.807, 2.05) is 0 Å². The van der Waals surface area contributed by atoms with Crippen molar-refractivity contribution >= 4 is 11.9 Å². The zero-order valence-electron chi connectivity index (χ0n) is 16.9. The van der Waals surface area contributed by atoms with Crippen LogP contribution in [0, 0.1) is 0 Å². The maximum absolute atomic E-state index is 11.2. The molecule has 0 aromatic carbocycles. The Balaban J connectivity index is 1.38. The fourth-order valence-corrected chi connectivity index (χ4v) is 5.22. The number of fused-ring (bicyclic) bond motifs is 2. The van der Waals surface area contributed by atoms with E-state index in [-0.39, 0.29) is 5.91 Å². The van der Waals surface area contributed by atoms with Crippen LogP contribution >= 0.6 is 0 Å². The normalized spacial score (nSPS) is 31.3. The number of likely N-dealkylation sites (tertiary alicyclic amines) is 1. The Morgan fingerprint density at radius 3 is 2.15 bits per heavy atom. The highest BCUT2D eigenvalue weighted by Crippen LogP contribution is 2.35. The smallest absolute Gasteiger partial charge is 0.225 e. The summed E-state index contributed by atoms with van der Waals surface area (Å²) in [4.78, 5) is 25.9. The van der Waals surface area contributed by atoms with Gasteiger partial charge in [-0.2, -0.15) is 0 Å². The number of nitrogens with one attached hydrogen (secondary N) is 1. The highest BCUT2D eigenvalue weighted by atomic mass is 16.1. The third-order valence-corrected chi connectivity index (χ3v) is 6.74. The van der Waals surface area contributed by atoms with E-state index < -0.39 is 0 Å². The van der Waals surface area contributed by atoms with Crippen LogP contribution in [-0.4, -0.2) is 58.0 Å². The summed E-state index contributed by atoms with van der Waals surface area (Å²) in [7, 11) is 0. The van der Waals surface area contributed by atoms with Gasteiger partial charge in [-0.05, 0) is 63.9 Å². The van der Waals surface area contributed by atoms with Gasteiger partial charge in [0, 0.05) is 56.6 Å². The molecule has 1 N–H and O–H groups in total. The molecule has 0 radical (unpaired) electrons. The maximum atomic E-state index is 11.2. The molecule has 0 spiro atoms. The quantitative estimate of drug-likeness (QED) is 0.882. The largest absolute Gasteiger partial charge is 0.354 e. The predicted molar refractivity (Wildman–Crippen MR) is 107 cm³/mol. The second-order valence-electron chi connectivity index (χ2n) is 8.91. The minimum atomic E-state index is 0.0818. The van der Waals surface area contributed by atoms with Crippen molar-refractivity contribution in [2.75, 3.05) is 18.0 Å². The maximum Gasteiger partial charge on any atom is 0.225 e. The Morgan fingerprint density at radius 1 is 1.04 bits per heavy atom. The number of piperazine rings is 1. The van der Waals surface area contributed by atoms with Gasteiger partial charge in [0.25, 0.3) is 0 Å². The molecule has 1 saturated carbocycles. The standard InChI is InChI=1S/C21H33N5O/c1-14(2)25-12-19-8-9-20(13-25)26(19)21-22-10-17(11-23-21)16-4-6-18(7-5-16)24-15(3)27/h10-11,14,16,18-20H,4-9,12-13H2,1-3H3,(H,24,27). The molecule has 3 heterocycles. The molecule has 3 aliphatic rings. The number of carbonyl (C=O) groups is 1. The molecule has 1 amide bonds. The fourth-order valence-electron chi connectivity index (χ4n) is 5.22. The summed E-state index contributed by atoms with van der Waals surface area (Å²) in [5.41, 5.74) is 1.26. The van der Waals surface area contributed by atoms with Crippen molar-refractivity contribution in [3.8, 4) is 0 Å². The van der Waals surface area contributed by atoms with Crippen LogP contribution in [0.15, 0.2) is 12.4 Å². The minimum Gasteiger partial charge on any atom is -0.354 e. The molecule has 2 bridgehead atoms. The van der Waals surface area contributed by atoms with Crippen molar-refractivity contribution in [1.82, 2.24) is 20.2 Å². The molecule has 3 fully saturated rings. The number of nitrogens with zero attached hydrogens (tertiary/aromatic N) is 4. The molecule has 2 saturated heterocycles. The number of carbonyl (C=O) groups excluding carboxylic acids is 1. The van der Waals surface area contributed by atoms with Crippen LogP contribution in [0.5, 0.6) is 0 Å². The number of aromatic nitrogens is 2. The first-order valence-electron chi connectivity index (χ1n) is 10.6. The van der Waals surface area contributed by atoms with Gasteiger partial charge >= 0.3 is 0 Å². The van der Waals surface area contributed by atoms with E-state index in [2.05, 4.69) is 41.4 Å². The summed E-state index contributed by atoms with van der Waals surface area (Å²) in [5, 5.41) is 3.05. The van der Waals surface area contributed by atoms with E-state index in [0.717, 1.165) is 44.7 Å². The molecular formula is C21H33N5O. The van der Waals surface area contributed by atoms with Crippen molar-refractivity contribution in [2.45, 2.75) is 89.4 Å². The van der Waals surface area contributed by atoms with Crippen LogP contribution in [0.3, 0.4) is 0 Å². The van der Waals surface area contributed by atoms with E-state index in [1.54, 1.807) is 6.92 Å². The number of amides is 1. The van der Waals surface area contributed by atoms with Gasteiger partial charge in [-0.25, -0.2) is 9.97 Å².